The van der Waals surface area contributed by atoms with E-state index in [1.165, 1.54) is 0 Å². The van der Waals surface area contributed by atoms with Crippen molar-refractivity contribution in [1.29, 1.82) is 0 Å². The number of hydrogen-bond acceptors (Lipinski definition) is 7. The summed E-state index contributed by atoms with van der Waals surface area (Å²) in [5.74, 6) is -0.479. The number of nitrogen functional groups attached to an aromatic ring is 1. The van der Waals surface area contributed by atoms with E-state index in [2.05, 4.69) is 15.1 Å². The number of anilines is 2. The zero-order valence-electron chi connectivity index (χ0n) is 17.1. The monoisotopic (exact) mass is 420 g/mol. The van der Waals surface area contributed by atoms with Crippen LogP contribution in [0.15, 0.2) is 54.6 Å². The van der Waals surface area contributed by atoms with Crippen LogP contribution in [0, 0.1) is 0 Å². The molecule has 1 aromatic heterocycles. The van der Waals surface area contributed by atoms with E-state index in [1.807, 2.05) is 24.3 Å². The fourth-order valence-electron chi connectivity index (χ4n) is 4.09. The third-order valence-electron chi connectivity index (χ3n) is 5.76. The number of ether oxygens (including phenoxy) is 1. The fraction of sp³-hybridized carbons (Fsp3) is 0.261. The van der Waals surface area contributed by atoms with Crippen molar-refractivity contribution in [3.8, 4) is 17.0 Å². The fourth-order valence-corrected chi connectivity index (χ4v) is 4.09. The third-order valence-corrected chi connectivity index (χ3v) is 5.76. The van der Waals surface area contributed by atoms with Crippen LogP contribution in [0.1, 0.15) is 28.3 Å². The van der Waals surface area contributed by atoms with Crippen LogP contribution < -0.4 is 10.6 Å². The van der Waals surface area contributed by atoms with Gasteiger partial charge in [-0.1, -0.05) is 24.3 Å². The van der Waals surface area contributed by atoms with E-state index in [1.54, 1.807) is 37.4 Å². The molecule has 31 heavy (non-hydrogen) atoms. The second-order valence-corrected chi connectivity index (χ2v) is 7.56. The predicted molar refractivity (Wildman–Crippen MR) is 117 cm³/mol. The van der Waals surface area contributed by atoms with Crippen molar-refractivity contribution in [3.05, 3.63) is 65.7 Å². The zero-order chi connectivity index (χ0) is 22.0. The summed E-state index contributed by atoms with van der Waals surface area (Å²) < 4.78 is 5.72. The summed E-state index contributed by atoms with van der Waals surface area (Å²) >= 11 is 0. The number of nitrogens with zero attached hydrogens (tertiary/aromatic N) is 3. The average molecular weight is 420 g/mol. The van der Waals surface area contributed by atoms with Crippen LogP contribution in [0.2, 0.25) is 0 Å². The summed E-state index contributed by atoms with van der Waals surface area (Å²) in [5, 5.41) is 27.6. The molecule has 1 unspecified atom stereocenters. The molecule has 4 rings (SSSR count). The molecule has 1 aliphatic heterocycles. The lowest BCUT2D eigenvalue weighted by Gasteiger charge is -2.39. The van der Waals surface area contributed by atoms with Crippen LogP contribution in [-0.4, -0.2) is 52.7 Å². The van der Waals surface area contributed by atoms with Crippen LogP contribution in [-0.2, 0) is 4.74 Å². The number of aromatic hydroxyl groups is 1. The quantitative estimate of drug-likeness (QED) is 0.575. The van der Waals surface area contributed by atoms with Gasteiger partial charge >= 0.3 is 5.97 Å². The number of benzene rings is 2. The van der Waals surface area contributed by atoms with E-state index in [0.717, 1.165) is 24.2 Å². The molecule has 2 atom stereocenters. The molecule has 8 heteroatoms. The minimum Gasteiger partial charge on any atom is -0.507 e. The number of methoxy groups -OCH3 is 1. The van der Waals surface area contributed by atoms with Gasteiger partial charge in [0.05, 0.1) is 23.0 Å². The molecule has 0 bridgehead atoms. The molecule has 0 amide bonds. The summed E-state index contributed by atoms with van der Waals surface area (Å²) in [6, 6.07) is 15.7. The molecule has 1 saturated heterocycles. The Bertz CT molecular complexity index is 1090. The normalized spacial score (nSPS) is 18.7. The third kappa shape index (κ3) is 4.15. The van der Waals surface area contributed by atoms with E-state index in [-0.39, 0.29) is 23.3 Å². The molecule has 3 aromatic rings. The maximum Gasteiger partial charge on any atom is 0.335 e. The van der Waals surface area contributed by atoms with Gasteiger partial charge in [-0.15, -0.1) is 10.2 Å². The van der Waals surface area contributed by atoms with Crippen molar-refractivity contribution in [1.82, 2.24) is 10.2 Å². The highest BCUT2D eigenvalue weighted by molar-refractivity contribution is 5.87. The average Bonchev–Trinajstić information content (AvgIpc) is 2.79. The van der Waals surface area contributed by atoms with Gasteiger partial charge in [-0.3, -0.25) is 0 Å². The van der Waals surface area contributed by atoms with Gasteiger partial charge in [-0.05, 0) is 42.3 Å². The van der Waals surface area contributed by atoms with Crippen LogP contribution in [0.4, 0.5) is 11.5 Å². The molecule has 0 spiro atoms. The highest BCUT2D eigenvalue weighted by Crippen LogP contribution is 2.36. The number of nitrogens with two attached hydrogens (primary N) is 1. The molecular weight excluding hydrogens is 396 g/mol. The number of phenols is 1. The Morgan fingerprint density at radius 2 is 1.90 bits per heavy atom. The van der Waals surface area contributed by atoms with Crippen molar-refractivity contribution in [3.63, 3.8) is 0 Å². The highest BCUT2D eigenvalue weighted by atomic mass is 16.5. The van der Waals surface area contributed by atoms with Crippen molar-refractivity contribution < 1.29 is 19.7 Å². The minimum absolute atomic E-state index is 0.000544. The van der Waals surface area contributed by atoms with E-state index < -0.39 is 5.97 Å². The second kappa shape index (κ2) is 8.61. The Kier molecular flexibility index (Phi) is 5.73. The zero-order valence-corrected chi connectivity index (χ0v) is 17.1. The van der Waals surface area contributed by atoms with Crippen LogP contribution in [0.5, 0.6) is 5.75 Å². The highest BCUT2D eigenvalue weighted by Gasteiger charge is 2.32. The van der Waals surface area contributed by atoms with Gasteiger partial charge in [-0.25, -0.2) is 4.79 Å². The van der Waals surface area contributed by atoms with Gasteiger partial charge < -0.3 is 25.6 Å². The Morgan fingerprint density at radius 1 is 1.16 bits per heavy atom. The SMILES string of the molecule is CO[C@@H]1CCN(c2cc(-c3ccccc3O)nnc2N)CC1c1ccc(C(=O)O)cc1. The van der Waals surface area contributed by atoms with Gasteiger partial charge in [0.25, 0.3) is 0 Å². The molecule has 0 aliphatic carbocycles. The van der Waals surface area contributed by atoms with Crippen molar-refractivity contribution in [2.45, 2.75) is 18.4 Å². The van der Waals surface area contributed by atoms with Gasteiger partial charge in [0.15, 0.2) is 5.82 Å². The maximum atomic E-state index is 11.2. The molecule has 4 N–H and O–H groups in total. The first-order valence-corrected chi connectivity index (χ1v) is 10.0. The van der Waals surface area contributed by atoms with Crippen molar-refractivity contribution in [2.75, 3.05) is 30.8 Å². The molecular formula is C23H24N4O4. The lowest BCUT2D eigenvalue weighted by Crippen LogP contribution is -2.43. The second-order valence-electron chi connectivity index (χ2n) is 7.56. The van der Waals surface area contributed by atoms with Crippen molar-refractivity contribution in [2.24, 2.45) is 0 Å². The van der Waals surface area contributed by atoms with E-state index in [4.69, 9.17) is 15.6 Å². The molecule has 1 aliphatic rings. The Morgan fingerprint density at radius 3 is 2.58 bits per heavy atom. The standard InChI is InChI=1S/C23H24N4O4/c1-31-21-10-11-27(13-17(21)14-6-8-15(9-7-14)23(29)30)19-12-18(25-26-22(19)24)16-4-2-3-5-20(16)28/h2-9,12,17,21,28H,10-11,13H2,1H3,(H2,24,26)(H,29,30)/t17?,21-/m1/s1. The number of piperidine rings is 1. The van der Waals surface area contributed by atoms with Gasteiger partial charge in [-0.2, -0.15) is 0 Å². The number of rotatable bonds is 5. The number of para-hydroxylation sites is 1. The smallest absolute Gasteiger partial charge is 0.335 e. The first-order valence-electron chi connectivity index (χ1n) is 10.0. The van der Waals surface area contributed by atoms with Gasteiger partial charge in [0.1, 0.15) is 5.75 Å². The largest absolute Gasteiger partial charge is 0.507 e. The number of phenolic OH excluding ortho intramolecular Hbond substituents is 1. The Balaban J connectivity index is 1.65. The first kappa shape index (κ1) is 20.6. The molecule has 2 aromatic carbocycles. The number of aromatic carboxylic acids is 1. The van der Waals surface area contributed by atoms with E-state index in [0.29, 0.717) is 23.6 Å². The summed E-state index contributed by atoms with van der Waals surface area (Å²) in [4.78, 5) is 13.3. The number of aromatic nitrogens is 2. The molecule has 0 saturated carbocycles. The Labute approximate surface area is 179 Å². The molecule has 2 heterocycles. The van der Waals surface area contributed by atoms with Crippen LogP contribution in [0.3, 0.4) is 0 Å². The molecule has 8 nitrogen and oxygen atoms in total. The number of carboxylic acids is 1. The van der Waals surface area contributed by atoms with E-state index >= 15 is 0 Å². The number of carboxylic acid groups (broad SMARTS) is 1. The van der Waals surface area contributed by atoms with Crippen LogP contribution in [0.25, 0.3) is 11.3 Å². The molecule has 1 fully saturated rings. The van der Waals surface area contributed by atoms with Crippen molar-refractivity contribution >= 4 is 17.5 Å². The first-order chi connectivity index (χ1) is 15.0. The predicted octanol–water partition coefficient (Wildman–Crippen LogP) is 3.14. The van der Waals surface area contributed by atoms with Crippen LogP contribution >= 0.6 is 0 Å². The molecule has 0 radical (unpaired) electrons. The Hall–Kier alpha value is -3.65. The van der Waals surface area contributed by atoms with Gasteiger partial charge in [0, 0.05) is 31.7 Å². The number of hydrogen-bond donors (Lipinski definition) is 3. The van der Waals surface area contributed by atoms with E-state index in [9.17, 15) is 9.90 Å². The lowest BCUT2D eigenvalue weighted by molar-refractivity contribution is 0.0644. The summed E-state index contributed by atoms with van der Waals surface area (Å²) in [6.07, 6.45) is 0.774. The lowest BCUT2D eigenvalue weighted by atomic mass is 9.87. The summed E-state index contributed by atoms with van der Waals surface area (Å²) in [5.41, 5.74) is 9.29. The maximum absolute atomic E-state index is 11.2. The number of carbonyl (C=O) groups is 1. The summed E-state index contributed by atoms with van der Waals surface area (Å²) in [6.45, 7) is 1.35. The minimum atomic E-state index is -0.951. The molecule has 160 valence electrons. The van der Waals surface area contributed by atoms with Gasteiger partial charge in [0.2, 0.25) is 0 Å². The summed E-state index contributed by atoms with van der Waals surface area (Å²) in [7, 11) is 1.69. The topological polar surface area (TPSA) is 122 Å².